The zero-order valence-electron chi connectivity index (χ0n) is 11.7. The molecule has 0 atom stereocenters. The molecule has 0 aliphatic rings. The molecule has 0 saturated carbocycles. The number of pyridine rings is 1. The minimum Gasteiger partial charge on any atom is -0.468 e. The number of nitrogens with zero attached hydrogens (tertiary/aromatic N) is 4. The van der Waals surface area contributed by atoms with E-state index in [1.54, 1.807) is 24.0 Å². The SMILES string of the molecule is COC(=O)CN(C)C(=O)C[n+]1ccc(-c2ncns2)cc1. The minimum absolute atomic E-state index is 0.0568. The molecule has 21 heavy (non-hydrogen) atoms. The summed E-state index contributed by atoms with van der Waals surface area (Å²) in [5.74, 6) is -0.614. The smallest absolute Gasteiger partial charge is 0.325 e. The van der Waals surface area contributed by atoms with Gasteiger partial charge in [0.25, 0.3) is 5.91 Å². The lowest BCUT2D eigenvalue weighted by atomic mass is 10.3. The highest BCUT2D eigenvalue weighted by atomic mass is 32.1. The first-order valence-electron chi connectivity index (χ1n) is 6.17. The Kier molecular flexibility index (Phi) is 4.94. The highest BCUT2D eigenvalue weighted by Gasteiger charge is 2.17. The van der Waals surface area contributed by atoms with Crippen molar-refractivity contribution in [2.24, 2.45) is 0 Å². The van der Waals surface area contributed by atoms with E-state index in [0.29, 0.717) is 0 Å². The average molecular weight is 307 g/mol. The number of carbonyl (C=O) groups excluding carboxylic acids is 2. The van der Waals surface area contributed by atoms with E-state index in [1.165, 1.54) is 29.9 Å². The van der Waals surface area contributed by atoms with Crippen molar-refractivity contribution in [1.29, 1.82) is 0 Å². The molecule has 2 aromatic heterocycles. The summed E-state index contributed by atoms with van der Waals surface area (Å²) in [5, 5.41) is 0.830. The van der Waals surface area contributed by atoms with Crippen LogP contribution in [0.4, 0.5) is 0 Å². The fourth-order valence-corrected chi connectivity index (χ4v) is 2.16. The molecule has 1 amide bonds. The van der Waals surface area contributed by atoms with Gasteiger partial charge in [0.05, 0.1) is 7.11 Å². The number of amides is 1. The molecule has 0 unspecified atom stereocenters. The van der Waals surface area contributed by atoms with Gasteiger partial charge in [-0.15, -0.1) is 0 Å². The van der Waals surface area contributed by atoms with Crippen molar-refractivity contribution in [1.82, 2.24) is 14.3 Å². The predicted octanol–water partition coefficient (Wildman–Crippen LogP) is 0.124. The molecule has 8 heteroatoms. The molecule has 0 aromatic carbocycles. The topological polar surface area (TPSA) is 76.3 Å². The van der Waals surface area contributed by atoms with Crippen LogP contribution in [0, 0.1) is 0 Å². The number of aromatic nitrogens is 3. The summed E-state index contributed by atoms with van der Waals surface area (Å²) in [7, 11) is 2.86. The van der Waals surface area contributed by atoms with Crippen LogP contribution in [-0.2, 0) is 20.9 Å². The van der Waals surface area contributed by atoms with E-state index in [9.17, 15) is 9.59 Å². The third-order valence-corrected chi connectivity index (χ3v) is 3.55. The number of hydrogen-bond acceptors (Lipinski definition) is 6. The zero-order chi connectivity index (χ0) is 15.2. The van der Waals surface area contributed by atoms with E-state index < -0.39 is 5.97 Å². The Morgan fingerprint density at radius 1 is 1.38 bits per heavy atom. The van der Waals surface area contributed by atoms with Crippen molar-refractivity contribution < 1.29 is 18.9 Å². The second-order valence-corrected chi connectivity index (χ2v) is 5.11. The van der Waals surface area contributed by atoms with Crippen LogP contribution in [0.1, 0.15) is 0 Å². The molecule has 0 bridgehead atoms. The Hall–Kier alpha value is -2.35. The van der Waals surface area contributed by atoms with Crippen molar-refractivity contribution in [2.45, 2.75) is 6.54 Å². The van der Waals surface area contributed by atoms with Gasteiger partial charge in [-0.1, -0.05) is 0 Å². The summed E-state index contributed by atoms with van der Waals surface area (Å²) in [6.07, 6.45) is 5.09. The number of rotatable bonds is 5. The standard InChI is InChI=1S/C13H15N4O3S/c1-16(8-12(19)20-2)11(18)7-17-5-3-10(4-6-17)13-14-9-15-21-13/h3-6,9H,7-8H2,1-2H3/q+1. The van der Waals surface area contributed by atoms with Crippen LogP contribution in [0.5, 0.6) is 0 Å². The number of esters is 1. The molecule has 0 aliphatic heterocycles. The summed E-state index contributed by atoms with van der Waals surface area (Å²) < 4.78 is 10.2. The van der Waals surface area contributed by atoms with Crippen molar-refractivity contribution in [2.75, 3.05) is 20.7 Å². The Morgan fingerprint density at radius 3 is 2.67 bits per heavy atom. The van der Waals surface area contributed by atoms with Gasteiger partial charge in [-0.3, -0.25) is 9.59 Å². The Balaban J connectivity index is 1.97. The fraction of sp³-hybridized carbons (Fsp3) is 0.308. The lowest BCUT2D eigenvalue weighted by molar-refractivity contribution is -0.685. The van der Waals surface area contributed by atoms with Crippen LogP contribution >= 0.6 is 11.5 Å². The van der Waals surface area contributed by atoms with E-state index in [1.807, 2.05) is 12.1 Å². The number of carbonyl (C=O) groups is 2. The minimum atomic E-state index is -0.442. The average Bonchev–Trinajstić information content (AvgIpc) is 3.02. The quantitative estimate of drug-likeness (QED) is 0.579. The third kappa shape index (κ3) is 4.06. The van der Waals surface area contributed by atoms with Crippen LogP contribution in [-0.4, -0.2) is 46.8 Å². The maximum absolute atomic E-state index is 12.0. The van der Waals surface area contributed by atoms with Crippen molar-refractivity contribution in [3.63, 3.8) is 0 Å². The van der Waals surface area contributed by atoms with Crippen molar-refractivity contribution in [3.05, 3.63) is 30.9 Å². The lowest BCUT2D eigenvalue weighted by Crippen LogP contribution is -2.44. The van der Waals surface area contributed by atoms with E-state index >= 15 is 0 Å². The summed E-state index contributed by atoms with van der Waals surface area (Å²) in [5.41, 5.74) is 0.948. The summed E-state index contributed by atoms with van der Waals surface area (Å²) in [6, 6.07) is 3.74. The predicted molar refractivity (Wildman–Crippen MR) is 75.2 cm³/mol. The second-order valence-electron chi connectivity index (χ2n) is 4.33. The van der Waals surface area contributed by atoms with Crippen LogP contribution in [0.3, 0.4) is 0 Å². The monoisotopic (exact) mass is 307 g/mol. The zero-order valence-corrected chi connectivity index (χ0v) is 12.5. The molecule has 0 aliphatic carbocycles. The molecule has 2 aromatic rings. The van der Waals surface area contributed by atoms with Crippen molar-refractivity contribution in [3.8, 4) is 10.6 Å². The van der Waals surface area contributed by atoms with E-state index in [0.717, 1.165) is 10.6 Å². The number of likely N-dealkylation sites (N-methyl/N-ethyl adjacent to an activating group) is 1. The molecule has 0 saturated heterocycles. The molecular formula is C13H15N4O3S+. The molecule has 0 radical (unpaired) electrons. The molecule has 7 nitrogen and oxygen atoms in total. The van der Waals surface area contributed by atoms with E-state index in [2.05, 4.69) is 14.1 Å². The summed E-state index contributed by atoms with van der Waals surface area (Å²) in [4.78, 5) is 28.5. The molecule has 2 rings (SSSR count). The number of methoxy groups -OCH3 is 1. The summed E-state index contributed by atoms with van der Waals surface area (Å²) >= 11 is 1.31. The molecule has 0 N–H and O–H groups in total. The fourth-order valence-electron chi connectivity index (χ4n) is 1.63. The highest BCUT2D eigenvalue weighted by molar-refractivity contribution is 7.09. The third-order valence-electron chi connectivity index (χ3n) is 2.84. The molecule has 110 valence electrons. The van der Waals surface area contributed by atoms with E-state index in [4.69, 9.17) is 0 Å². The van der Waals surface area contributed by atoms with Crippen LogP contribution in [0.2, 0.25) is 0 Å². The van der Waals surface area contributed by atoms with Gasteiger partial charge in [-0.05, 0) is 11.5 Å². The lowest BCUT2D eigenvalue weighted by Gasteiger charge is -2.13. The van der Waals surface area contributed by atoms with Crippen LogP contribution in [0.25, 0.3) is 10.6 Å². The normalized spacial score (nSPS) is 10.2. The van der Waals surface area contributed by atoms with Gasteiger partial charge in [-0.25, -0.2) is 4.98 Å². The first-order chi connectivity index (χ1) is 10.1. The van der Waals surface area contributed by atoms with Crippen LogP contribution < -0.4 is 4.57 Å². The number of ether oxygens (including phenoxy) is 1. The Bertz CT molecular complexity index is 613. The van der Waals surface area contributed by atoms with Gasteiger partial charge >= 0.3 is 5.97 Å². The molecule has 2 heterocycles. The Labute approximate surface area is 126 Å². The summed E-state index contributed by atoms with van der Waals surface area (Å²) in [6.45, 7) is 0.0999. The maximum Gasteiger partial charge on any atom is 0.325 e. The largest absolute Gasteiger partial charge is 0.468 e. The van der Waals surface area contributed by atoms with E-state index in [-0.39, 0.29) is 19.0 Å². The van der Waals surface area contributed by atoms with Gasteiger partial charge in [0.1, 0.15) is 17.9 Å². The highest BCUT2D eigenvalue weighted by Crippen LogP contribution is 2.17. The van der Waals surface area contributed by atoms with Gasteiger partial charge in [0.15, 0.2) is 12.4 Å². The van der Waals surface area contributed by atoms with Gasteiger partial charge in [-0.2, -0.15) is 8.94 Å². The number of hydrogen-bond donors (Lipinski definition) is 0. The first-order valence-corrected chi connectivity index (χ1v) is 6.94. The van der Waals surface area contributed by atoms with Gasteiger partial charge in [0.2, 0.25) is 6.54 Å². The van der Waals surface area contributed by atoms with Crippen molar-refractivity contribution >= 4 is 23.4 Å². The second kappa shape index (κ2) is 6.89. The molecular weight excluding hydrogens is 292 g/mol. The van der Waals surface area contributed by atoms with Gasteiger partial charge < -0.3 is 9.64 Å². The van der Waals surface area contributed by atoms with Gasteiger partial charge in [0, 0.05) is 24.7 Å². The maximum atomic E-state index is 12.0. The van der Waals surface area contributed by atoms with Crippen LogP contribution in [0.15, 0.2) is 30.9 Å². The first kappa shape index (κ1) is 15.0. The Morgan fingerprint density at radius 2 is 2.10 bits per heavy atom. The molecule has 0 fully saturated rings. The molecule has 0 spiro atoms.